The molecule has 5 heteroatoms. The molecule has 2 N–H and O–H groups in total. The van der Waals surface area contributed by atoms with Crippen LogP contribution >= 0.6 is 11.6 Å². The van der Waals surface area contributed by atoms with Crippen LogP contribution in [0.15, 0.2) is 42.5 Å². The van der Waals surface area contributed by atoms with Crippen molar-refractivity contribution in [1.29, 1.82) is 0 Å². The van der Waals surface area contributed by atoms with Crippen molar-refractivity contribution in [3.05, 3.63) is 68.7 Å². The van der Waals surface area contributed by atoms with Gasteiger partial charge in [0.15, 0.2) is 0 Å². The Bertz CT molecular complexity index is 629. The summed E-state index contributed by atoms with van der Waals surface area (Å²) >= 11 is 5.96. The van der Waals surface area contributed by atoms with Gasteiger partial charge in [-0.15, -0.1) is 0 Å². The Morgan fingerprint density at radius 3 is 2.58 bits per heavy atom. The van der Waals surface area contributed by atoms with Gasteiger partial charge < -0.3 is 5.73 Å². The molecule has 1 unspecified atom stereocenters. The number of para-hydroxylation sites is 1. The van der Waals surface area contributed by atoms with Crippen LogP contribution in [-0.2, 0) is 0 Å². The maximum Gasteiger partial charge on any atom is 0.292 e. The number of benzene rings is 2. The molecule has 0 radical (unpaired) electrons. The van der Waals surface area contributed by atoms with Crippen molar-refractivity contribution in [2.24, 2.45) is 0 Å². The van der Waals surface area contributed by atoms with Crippen molar-refractivity contribution in [2.45, 2.75) is 12.8 Å². The summed E-state index contributed by atoms with van der Waals surface area (Å²) in [6, 6.07) is 12.2. The summed E-state index contributed by atoms with van der Waals surface area (Å²) in [6.45, 7) is 1.95. The molecule has 0 aliphatic rings. The van der Waals surface area contributed by atoms with Crippen LogP contribution in [0.3, 0.4) is 0 Å². The fourth-order valence-electron chi connectivity index (χ4n) is 2.06. The van der Waals surface area contributed by atoms with Crippen LogP contribution < -0.4 is 5.73 Å². The molecule has 4 nitrogen and oxygen atoms in total. The maximum absolute atomic E-state index is 10.9. The van der Waals surface area contributed by atoms with Gasteiger partial charge in [0, 0.05) is 17.0 Å². The van der Waals surface area contributed by atoms with E-state index in [0.29, 0.717) is 5.02 Å². The molecule has 98 valence electrons. The lowest BCUT2D eigenvalue weighted by Crippen LogP contribution is -2.04. The summed E-state index contributed by atoms with van der Waals surface area (Å²) in [5.41, 5.74) is 7.74. The smallest absolute Gasteiger partial charge is 0.292 e. The molecule has 0 saturated heterocycles. The van der Waals surface area contributed by atoms with Crippen molar-refractivity contribution >= 4 is 23.0 Å². The highest BCUT2D eigenvalue weighted by atomic mass is 35.5. The molecule has 0 saturated carbocycles. The standard InChI is InChI=1S/C14H13ClN2O2/c1-9(10-4-2-5-11(15)8-10)12-6-3-7-13(14(12)16)17(18)19/h2-9H,16H2,1H3. The summed E-state index contributed by atoms with van der Waals surface area (Å²) in [7, 11) is 0. The van der Waals surface area contributed by atoms with Crippen molar-refractivity contribution in [2.75, 3.05) is 5.73 Å². The molecular formula is C14H13ClN2O2. The minimum absolute atomic E-state index is 0.0569. The van der Waals surface area contributed by atoms with Crippen LogP contribution in [0.25, 0.3) is 0 Å². The van der Waals surface area contributed by atoms with E-state index in [1.54, 1.807) is 18.2 Å². The van der Waals surface area contributed by atoms with Gasteiger partial charge in [0.1, 0.15) is 5.69 Å². The Kier molecular flexibility index (Phi) is 3.71. The summed E-state index contributed by atoms with van der Waals surface area (Å²) in [6.07, 6.45) is 0. The first-order valence-electron chi connectivity index (χ1n) is 5.79. The second kappa shape index (κ2) is 5.28. The second-order valence-corrected chi connectivity index (χ2v) is 4.75. The van der Waals surface area contributed by atoms with E-state index in [2.05, 4.69) is 0 Å². The number of hydrogen-bond acceptors (Lipinski definition) is 3. The van der Waals surface area contributed by atoms with Gasteiger partial charge >= 0.3 is 0 Å². The lowest BCUT2D eigenvalue weighted by Gasteiger charge is -2.15. The van der Waals surface area contributed by atoms with Gasteiger partial charge in [0.25, 0.3) is 5.69 Å². The molecule has 0 aliphatic carbocycles. The summed E-state index contributed by atoms with van der Waals surface area (Å²) < 4.78 is 0. The average Bonchev–Trinajstić information content (AvgIpc) is 2.38. The van der Waals surface area contributed by atoms with Crippen LogP contribution in [0.4, 0.5) is 11.4 Å². The van der Waals surface area contributed by atoms with Crippen LogP contribution in [-0.4, -0.2) is 4.92 Å². The predicted molar refractivity (Wildman–Crippen MR) is 76.5 cm³/mol. The van der Waals surface area contributed by atoms with Crippen LogP contribution in [0.2, 0.25) is 5.02 Å². The molecule has 0 aromatic heterocycles. The first-order chi connectivity index (χ1) is 9.00. The Morgan fingerprint density at radius 1 is 1.26 bits per heavy atom. The lowest BCUT2D eigenvalue weighted by molar-refractivity contribution is -0.383. The van der Waals surface area contributed by atoms with Crippen molar-refractivity contribution in [1.82, 2.24) is 0 Å². The van der Waals surface area contributed by atoms with E-state index in [-0.39, 0.29) is 17.3 Å². The number of halogens is 1. The maximum atomic E-state index is 10.9. The summed E-state index contributed by atoms with van der Waals surface area (Å²) in [4.78, 5) is 10.4. The zero-order valence-electron chi connectivity index (χ0n) is 10.3. The molecule has 0 bridgehead atoms. The quantitative estimate of drug-likeness (QED) is 0.524. The molecule has 0 heterocycles. The normalized spacial score (nSPS) is 12.1. The topological polar surface area (TPSA) is 69.2 Å². The molecule has 2 aromatic rings. The Hall–Kier alpha value is -2.07. The zero-order chi connectivity index (χ0) is 14.0. The molecule has 2 rings (SSSR count). The highest BCUT2D eigenvalue weighted by Crippen LogP contribution is 2.34. The number of rotatable bonds is 3. The van der Waals surface area contributed by atoms with Gasteiger partial charge in [-0.1, -0.05) is 42.8 Å². The van der Waals surface area contributed by atoms with E-state index in [9.17, 15) is 10.1 Å². The minimum Gasteiger partial charge on any atom is -0.393 e. The largest absolute Gasteiger partial charge is 0.393 e. The second-order valence-electron chi connectivity index (χ2n) is 4.31. The van der Waals surface area contributed by atoms with Gasteiger partial charge in [-0.2, -0.15) is 0 Å². The number of anilines is 1. The van der Waals surface area contributed by atoms with Crippen LogP contribution in [0.5, 0.6) is 0 Å². The number of hydrogen-bond donors (Lipinski definition) is 1. The highest BCUT2D eigenvalue weighted by molar-refractivity contribution is 6.30. The van der Waals surface area contributed by atoms with E-state index in [1.165, 1.54) is 6.07 Å². The van der Waals surface area contributed by atoms with Crippen molar-refractivity contribution < 1.29 is 4.92 Å². The highest BCUT2D eigenvalue weighted by Gasteiger charge is 2.19. The molecule has 0 spiro atoms. The fraction of sp³-hybridized carbons (Fsp3) is 0.143. The molecule has 0 fully saturated rings. The number of nitro benzene ring substituents is 1. The molecular weight excluding hydrogens is 264 g/mol. The lowest BCUT2D eigenvalue weighted by atomic mass is 9.91. The van der Waals surface area contributed by atoms with Crippen LogP contribution in [0, 0.1) is 10.1 Å². The third-order valence-electron chi connectivity index (χ3n) is 3.13. The van der Waals surface area contributed by atoms with Gasteiger partial charge in [0.05, 0.1) is 4.92 Å². The zero-order valence-corrected chi connectivity index (χ0v) is 11.1. The SMILES string of the molecule is CC(c1cccc(Cl)c1)c1cccc([N+](=O)[O-])c1N. The minimum atomic E-state index is -0.469. The van der Waals surface area contributed by atoms with Gasteiger partial charge in [-0.25, -0.2) is 0 Å². The predicted octanol–water partition coefficient (Wildman–Crippen LogP) is 3.98. The number of nitrogens with two attached hydrogens (primary N) is 1. The number of nitrogen functional groups attached to an aromatic ring is 1. The molecule has 2 aromatic carbocycles. The summed E-state index contributed by atoms with van der Waals surface area (Å²) in [5, 5.41) is 11.5. The Balaban J connectivity index is 2.47. The third-order valence-corrected chi connectivity index (χ3v) is 3.36. The fourth-order valence-corrected chi connectivity index (χ4v) is 2.26. The molecule has 1 atom stereocenters. The van der Waals surface area contributed by atoms with Gasteiger partial charge in [-0.3, -0.25) is 10.1 Å². The Labute approximate surface area is 116 Å². The van der Waals surface area contributed by atoms with E-state index in [1.807, 2.05) is 25.1 Å². The van der Waals surface area contributed by atoms with Gasteiger partial charge in [-0.05, 0) is 23.3 Å². The van der Waals surface area contributed by atoms with Gasteiger partial charge in [0.2, 0.25) is 0 Å². The monoisotopic (exact) mass is 276 g/mol. The molecule has 19 heavy (non-hydrogen) atoms. The van der Waals surface area contributed by atoms with E-state index in [4.69, 9.17) is 17.3 Å². The van der Waals surface area contributed by atoms with E-state index in [0.717, 1.165) is 11.1 Å². The first-order valence-corrected chi connectivity index (χ1v) is 6.16. The average molecular weight is 277 g/mol. The number of nitrogens with zero attached hydrogens (tertiary/aromatic N) is 1. The summed E-state index contributed by atoms with van der Waals surface area (Å²) in [5.74, 6) is -0.0569. The van der Waals surface area contributed by atoms with E-state index < -0.39 is 4.92 Å². The van der Waals surface area contributed by atoms with Crippen molar-refractivity contribution in [3.63, 3.8) is 0 Å². The number of nitro groups is 1. The van der Waals surface area contributed by atoms with Crippen LogP contribution in [0.1, 0.15) is 24.0 Å². The third kappa shape index (κ3) is 2.69. The Morgan fingerprint density at radius 2 is 1.95 bits per heavy atom. The first kappa shape index (κ1) is 13.4. The van der Waals surface area contributed by atoms with E-state index >= 15 is 0 Å². The molecule has 0 amide bonds. The molecule has 0 aliphatic heterocycles. The van der Waals surface area contributed by atoms with Crippen molar-refractivity contribution in [3.8, 4) is 0 Å².